The Kier molecular flexibility index (Phi) is 7.02. The number of likely N-dealkylation sites (tertiary alicyclic amines) is 2. The molecule has 2 aliphatic heterocycles. The molecule has 3 heterocycles. The van der Waals surface area contributed by atoms with Crippen LogP contribution < -0.4 is 0 Å². The number of carbonyl (C=O) groups is 2. The minimum atomic E-state index is -0.0552. The van der Waals surface area contributed by atoms with E-state index < -0.39 is 0 Å². The number of piperidine rings is 1. The van der Waals surface area contributed by atoms with Gasteiger partial charge in [0.05, 0.1) is 28.4 Å². The van der Waals surface area contributed by atoms with Crippen LogP contribution in [0.5, 0.6) is 0 Å². The molecule has 0 radical (unpaired) electrons. The van der Waals surface area contributed by atoms with Gasteiger partial charge in [-0.05, 0) is 46.5 Å². The van der Waals surface area contributed by atoms with Gasteiger partial charge in [0.25, 0.3) is 0 Å². The third-order valence-electron chi connectivity index (χ3n) is 6.17. The van der Waals surface area contributed by atoms with Gasteiger partial charge < -0.3 is 9.80 Å². The van der Waals surface area contributed by atoms with E-state index in [-0.39, 0.29) is 23.8 Å². The Hall–Kier alpha value is -1.56. The summed E-state index contributed by atoms with van der Waals surface area (Å²) in [5.41, 5.74) is 1.69. The summed E-state index contributed by atoms with van der Waals surface area (Å²) in [5, 5.41) is 5.14. The summed E-state index contributed by atoms with van der Waals surface area (Å²) in [7, 11) is 0. The van der Waals surface area contributed by atoms with Gasteiger partial charge in [0.2, 0.25) is 11.8 Å². The molecule has 0 saturated carbocycles. The molecule has 0 aliphatic carbocycles. The van der Waals surface area contributed by atoms with E-state index in [1.54, 1.807) is 0 Å². The van der Waals surface area contributed by atoms with E-state index in [1.165, 1.54) is 12.8 Å². The third-order valence-corrected chi connectivity index (χ3v) is 6.71. The van der Waals surface area contributed by atoms with Crippen molar-refractivity contribution in [3.8, 4) is 0 Å². The van der Waals surface area contributed by atoms with Crippen LogP contribution in [0.4, 0.5) is 0 Å². The van der Waals surface area contributed by atoms with Gasteiger partial charge in [-0.25, -0.2) is 0 Å². The van der Waals surface area contributed by atoms with Crippen molar-refractivity contribution in [2.75, 3.05) is 26.2 Å². The van der Waals surface area contributed by atoms with Gasteiger partial charge in [0, 0.05) is 32.6 Å². The average Bonchev–Trinajstić information content (AvgIpc) is 2.90. The van der Waals surface area contributed by atoms with Crippen LogP contribution in [0.25, 0.3) is 0 Å². The topological polar surface area (TPSA) is 58.4 Å². The van der Waals surface area contributed by atoms with Crippen LogP contribution in [0.2, 0.25) is 5.02 Å². The summed E-state index contributed by atoms with van der Waals surface area (Å²) in [6, 6.07) is -0.0552. The van der Waals surface area contributed by atoms with Crippen molar-refractivity contribution < 1.29 is 9.59 Å². The van der Waals surface area contributed by atoms with Crippen molar-refractivity contribution in [1.82, 2.24) is 19.6 Å². The Morgan fingerprint density at radius 1 is 1.07 bits per heavy atom. The zero-order valence-corrected chi connectivity index (χ0v) is 18.2. The highest BCUT2D eigenvalue weighted by Gasteiger charge is 2.32. The molecule has 28 heavy (non-hydrogen) atoms. The molecule has 2 aliphatic rings. The summed E-state index contributed by atoms with van der Waals surface area (Å²) in [6.07, 6.45) is 6.80. The standard InChI is InChI=1S/C21H33ClN4O2/c1-15(26-17(3)20(22)16(2)23-26)13-19(27)25-12-8-9-18(14-25)21(28)24-10-6-4-5-7-11-24/h15,18H,4-14H2,1-3H3. The van der Waals surface area contributed by atoms with E-state index in [9.17, 15) is 9.59 Å². The van der Waals surface area contributed by atoms with E-state index in [1.807, 2.05) is 35.3 Å². The second-order valence-electron chi connectivity index (χ2n) is 8.40. The maximum atomic E-state index is 13.0. The molecule has 2 saturated heterocycles. The van der Waals surface area contributed by atoms with Crippen molar-refractivity contribution in [2.24, 2.45) is 5.92 Å². The SMILES string of the molecule is Cc1nn(C(C)CC(=O)N2CCCC(C(=O)N3CCCCCC3)C2)c(C)c1Cl. The molecule has 156 valence electrons. The van der Waals surface area contributed by atoms with Gasteiger partial charge in [0.15, 0.2) is 0 Å². The lowest BCUT2D eigenvalue weighted by Crippen LogP contribution is -2.47. The minimum Gasteiger partial charge on any atom is -0.342 e. The van der Waals surface area contributed by atoms with Crippen molar-refractivity contribution in [3.63, 3.8) is 0 Å². The maximum Gasteiger partial charge on any atom is 0.227 e. The predicted molar refractivity (Wildman–Crippen MR) is 110 cm³/mol. The van der Waals surface area contributed by atoms with E-state index in [0.717, 1.165) is 56.7 Å². The first-order valence-electron chi connectivity index (χ1n) is 10.7. The molecular weight excluding hydrogens is 376 g/mol. The molecule has 0 aromatic carbocycles. The Labute approximate surface area is 173 Å². The Balaban J connectivity index is 1.59. The fourth-order valence-corrected chi connectivity index (χ4v) is 4.62. The summed E-state index contributed by atoms with van der Waals surface area (Å²) in [6.45, 7) is 8.85. The lowest BCUT2D eigenvalue weighted by atomic mass is 9.95. The van der Waals surface area contributed by atoms with Crippen LogP contribution in [0.15, 0.2) is 0 Å². The molecule has 0 bridgehead atoms. The molecule has 6 nitrogen and oxygen atoms in total. The van der Waals surface area contributed by atoms with Crippen molar-refractivity contribution in [2.45, 2.75) is 71.8 Å². The number of halogens is 1. The first kappa shape index (κ1) is 21.2. The van der Waals surface area contributed by atoms with Crippen LogP contribution in [0.3, 0.4) is 0 Å². The minimum absolute atomic E-state index is 0.0470. The maximum absolute atomic E-state index is 13.0. The molecule has 1 aromatic heterocycles. The van der Waals surface area contributed by atoms with Crippen LogP contribution >= 0.6 is 11.6 Å². The molecule has 2 fully saturated rings. The number of hydrogen-bond donors (Lipinski definition) is 0. The highest BCUT2D eigenvalue weighted by Crippen LogP contribution is 2.26. The van der Waals surface area contributed by atoms with E-state index in [4.69, 9.17) is 11.6 Å². The largest absolute Gasteiger partial charge is 0.342 e. The van der Waals surface area contributed by atoms with Gasteiger partial charge >= 0.3 is 0 Å². The summed E-state index contributed by atoms with van der Waals surface area (Å²) >= 11 is 6.25. The molecule has 2 atom stereocenters. The van der Waals surface area contributed by atoms with Crippen LogP contribution in [0.1, 0.15) is 69.3 Å². The third kappa shape index (κ3) is 4.70. The lowest BCUT2D eigenvalue weighted by molar-refractivity contribution is -0.141. The van der Waals surface area contributed by atoms with E-state index in [0.29, 0.717) is 18.0 Å². The van der Waals surface area contributed by atoms with Crippen LogP contribution in [-0.4, -0.2) is 57.6 Å². The zero-order valence-electron chi connectivity index (χ0n) is 17.4. The number of hydrogen-bond acceptors (Lipinski definition) is 3. The molecule has 7 heteroatoms. The van der Waals surface area contributed by atoms with Gasteiger partial charge in [-0.2, -0.15) is 5.10 Å². The first-order chi connectivity index (χ1) is 13.4. The van der Waals surface area contributed by atoms with Crippen molar-refractivity contribution in [1.29, 1.82) is 0 Å². The van der Waals surface area contributed by atoms with E-state index >= 15 is 0 Å². The molecule has 1 aromatic rings. The van der Waals surface area contributed by atoms with Crippen LogP contribution in [-0.2, 0) is 9.59 Å². The van der Waals surface area contributed by atoms with Crippen LogP contribution in [0, 0.1) is 19.8 Å². The second kappa shape index (κ2) is 9.29. The Bertz CT molecular complexity index is 710. The highest BCUT2D eigenvalue weighted by molar-refractivity contribution is 6.31. The molecule has 0 spiro atoms. The quantitative estimate of drug-likeness (QED) is 0.762. The molecule has 2 unspecified atom stereocenters. The number of carbonyl (C=O) groups excluding carboxylic acids is 2. The lowest BCUT2D eigenvalue weighted by Gasteiger charge is -2.35. The molecule has 2 amide bonds. The fourth-order valence-electron chi connectivity index (χ4n) is 4.49. The second-order valence-corrected chi connectivity index (χ2v) is 8.78. The van der Waals surface area contributed by atoms with Crippen molar-refractivity contribution >= 4 is 23.4 Å². The fraction of sp³-hybridized carbons (Fsp3) is 0.762. The van der Waals surface area contributed by atoms with Gasteiger partial charge in [-0.1, -0.05) is 24.4 Å². The molecular formula is C21H33ClN4O2. The predicted octanol–water partition coefficient (Wildman–Crippen LogP) is 3.75. The zero-order chi connectivity index (χ0) is 20.3. The van der Waals surface area contributed by atoms with Gasteiger partial charge in [0.1, 0.15) is 0 Å². The number of aromatic nitrogens is 2. The number of amides is 2. The highest BCUT2D eigenvalue weighted by atomic mass is 35.5. The smallest absolute Gasteiger partial charge is 0.227 e. The summed E-state index contributed by atoms with van der Waals surface area (Å²) in [4.78, 5) is 29.8. The monoisotopic (exact) mass is 408 g/mol. The molecule has 3 rings (SSSR count). The molecule has 0 N–H and O–H groups in total. The first-order valence-corrected chi connectivity index (χ1v) is 11.0. The van der Waals surface area contributed by atoms with Gasteiger partial charge in [-0.15, -0.1) is 0 Å². The Morgan fingerprint density at radius 2 is 1.71 bits per heavy atom. The van der Waals surface area contributed by atoms with Crippen molar-refractivity contribution in [3.05, 3.63) is 16.4 Å². The van der Waals surface area contributed by atoms with E-state index in [2.05, 4.69) is 5.10 Å². The normalized spacial score (nSPS) is 22.1. The number of aryl methyl sites for hydroxylation is 1. The summed E-state index contributed by atoms with van der Waals surface area (Å²) < 4.78 is 1.85. The Morgan fingerprint density at radius 3 is 2.32 bits per heavy atom. The van der Waals surface area contributed by atoms with Gasteiger partial charge in [-0.3, -0.25) is 14.3 Å². The summed E-state index contributed by atoms with van der Waals surface area (Å²) in [5.74, 6) is 0.302. The number of nitrogens with zero attached hydrogens (tertiary/aromatic N) is 4. The number of rotatable bonds is 4. The average molecular weight is 409 g/mol.